The first-order chi connectivity index (χ1) is 8.47. The van der Waals surface area contributed by atoms with E-state index in [9.17, 15) is 4.79 Å². The maximum absolute atomic E-state index is 11.4. The van der Waals surface area contributed by atoms with Gasteiger partial charge in [0.15, 0.2) is 5.82 Å². The average Bonchev–Trinajstić information content (AvgIpc) is 2.30. The number of aryl methyl sites for hydroxylation is 1. The van der Waals surface area contributed by atoms with E-state index in [2.05, 4.69) is 15.3 Å². The number of nitrogens with one attached hydrogen (secondary N) is 1. The van der Waals surface area contributed by atoms with E-state index in [1.54, 1.807) is 18.9 Å². The summed E-state index contributed by atoms with van der Waals surface area (Å²) in [6.45, 7) is 2.42. The molecule has 0 radical (unpaired) electrons. The topological polar surface area (TPSA) is 84.1 Å². The summed E-state index contributed by atoms with van der Waals surface area (Å²) in [7, 11) is 1.79. The smallest absolute Gasteiger partial charge is 0.224 e. The van der Waals surface area contributed by atoms with Gasteiger partial charge in [0.1, 0.15) is 0 Å². The van der Waals surface area contributed by atoms with Crippen LogP contribution in [-0.2, 0) is 4.79 Å². The molecule has 0 aliphatic carbocycles. The molecule has 1 amide bonds. The fraction of sp³-hybridized carbons (Fsp3) is 0.545. The van der Waals surface area contributed by atoms with Gasteiger partial charge in [-0.05, 0) is 24.9 Å². The van der Waals surface area contributed by atoms with Crippen LogP contribution in [0.1, 0.15) is 18.5 Å². The summed E-state index contributed by atoms with van der Waals surface area (Å²) >= 11 is 5.81. The first kappa shape index (κ1) is 12.9. The quantitative estimate of drug-likeness (QED) is 0.784. The third-order valence-electron chi connectivity index (χ3n) is 3.08. The lowest BCUT2D eigenvalue weighted by molar-refractivity contribution is -0.132. The monoisotopic (exact) mass is 269 g/mol. The number of nitrogen functional groups attached to an aromatic ring is 1. The van der Waals surface area contributed by atoms with E-state index >= 15 is 0 Å². The molecule has 1 unspecified atom stereocenters. The fourth-order valence-electron chi connectivity index (χ4n) is 1.98. The number of nitrogens with two attached hydrogens (primary N) is 1. The van der Waals surface area contributed by atoms with Crippen LogP contribution >= 0.6 is 11.6 Å². The van der Waals surface area contributed by atoms with Gasteiger partial charge in [-0.25, -0.2) is 4.98 Å². The van der Waals surface area contributed by atoms with Crippen molar-refractivity contribution in [3.8, 4) is 0 Å². The Morgan fingerprint density at radius 1 is 1.50 bits per heavy atom. The fourth-order valence-corrected chi connectivity index (χ4v) is 2.19. The largest absolute Gasteiger partial charge is 0.394 e. The minimum Gasteiger partial charge on any atom is -0.394 e. The highest BCUT2D eigenvalue weighted by Gasteiger charge is 2.23. The van der Waals surface area contributed by atoms with Gasteiger partial charge in [0.25, 0.3) is 0 Å². The first-order valence-electron chi connectivity index (χ1n) is 5.77. The van der Waals surface area contributed by atoms with E-state index in [-0.39, 0.29) is 17.2 Å². The molecule has 98 valence electrons. The van der Waals surface area contributed by atoms with Crippen LogP contribution in [0.25, 0.3) is 0 Å². The summed E-state index contributed by atoms with van der Waals surface area (Å²) in [6.07, 6.45) is 1.30. The molecule has 7 heteroatoms. The molecule has 0 spiro atoms. The lowest BCUT2D eigenvalue weighted by atomic mass is 10.1. The van der Waals surface area contributed by atoms with Crippen LogP contribution in [-0.4, -0.2) is 40.4 Å². The van der Waals surface area contributed by atoms with E-state index in [0.29, 0.717) is 30.2 Å². The van der Waals surface area contributed by atoms with Crippen molar-refractivity contribution in [2.75, 3.05) is 24.6 Å². The van der Waals surface area contributed by atoms with Gasteiger partial charge in [-0.15, -0.1) is 0 Å². The Bertz CT molecular complexity index is 479. The van der Waals surface area contributed by atoms with Gasteiger partial charge in [0.2, 0.25) is 11.2 Å². The summed E-state index contributed by atoms with van der Waals surface area (Å²) in [5, 5.41) is 3.40. The van der Waals surface area contributed by atoms with E-state index in [0.717, 1.165) is 6.42 Å². The van der Waals surface area contributed by atoms with Crippen LogP contribution in [0.2, 0.25) is 5.28 Å². The molecule has 6 nitrogen and oxygen atoms in total. The second-order valence-electron chi connectivity index (χ2n) is 4.49. The van der Waals surface area contributed by atoms with Gasteiger partial charge in [0.05, 0.1) is 11.4 Å². The van der Waals surface area contributed by atoms with Gasteiger partial charge in [-0.2, -0.15) is 4.98 Å². The zero-order chi connectivity index (χ0) is 13.3. The summed E-state index contributed by atoms with van der Waals surface area (Å²) in [4.78, 5) is 21.2. The number of piperidine rings is 1. The van der Waals surface area contributed by atoms with Crippen molar-refractivity contribution in [3.63, 3.8) is 0 Å². The Kier molecular flexibility index (Phi) is 3.56. The standard InChI is InChI=1S/C11H16ClN5O/c1-6-9(13)10(16-11(12)14-6)15-7-3-4-8(18)17(2)5-7/h7H,3-5,13H2,1-2H3,(H,14,15,16). The van der Waals surface area contributed by atoms with Crippen molar-refractivity contribution in [3.05, 3.63) is 11.0 Å². The predicted octanol–water partition coefficient (Wildman–Crippen LogP) is 1.05. The number of amides is 1. The second-order valence-corrected chi connectivity index (χ2v) is 4.83. The molecule has 2 heterocycles. The predicted molar refractivity (Wildman–Crippen MR) is 70.5 cm³/mol. The van der Waals surface area contributed by atoms with Gasteiger partial charge in [-0.3, -0.25) is 4.79 Å². The highest BCUT2D eigenvalue weighted by Crippen LogP contribution is 2.23. The van der Waals surface area contributed by atoms with Crippen molar-refractivity contribution in [1.29, 1.82) is 0 Å². The minimum atomic E-state index is 0.139. The van der Waals surface area contributed by atoms with Crippen molar-refractivity contribution in [1.82, 2.24) is 14.9 Å². The van der Waals surface area contributed by atoms with E-state index in [1.165, 1.54) is 0 Å². The second kappa shape index (κ2) is 4.97. The molecule has 18 heavy (non-hydrogen) atoms. The zero-order valence-corrected chi connectivity index (χ0v) is 11.2. The SMILES string of the molecule is Cc1nc(Cl)nc(NC2CCC(=O)N(C)C2)c1N. The number of rotatable bonds is 2. The Hall–Kier alpha value is -1.56. The number of hydrogen-bond acceptors (Lipinski definition) is 5. The third kappa shape index (κ3) is 2.64. The van der Waals surface area contributed by atoms with Gasteiger partial charge < -0.3 is 16.0 Å². The van der Waals surface area contributed by atoms with Crippen LogP contribution in [0.3, 0.4) is 0 Å². The normalized spacial score (nSPS) is 20.1. The van der Waals surface area contributed by atoms with Crippen molar-refractivity contribution in [2.24, 2.45) is 0 Å². The number of hydrogen-bond donors (Lipinski definition) is 2. The summed E-state index contributed by atoms with van der Waals surface area (Å²) in [6, 6.07) is 0.139. The van der Waals surface area contributed by atoms with E-state index in [1.807, 2.05) is 0 Å². The number of likely N-dealkylation sites (N-methyl/N-ethyl adjacent to an activating group) is 1. The number of likely N-dealkylation sites (tertiary alicyclic amines) is 1. The van der Waals surface area contributed by atoms with Gasteiger partial charge in [-0.1, -0.05) is 0 Å². The maximum Gasteiger partial charge on any atom is 0.224 e. The summed E-state index contributed by atoms with van der Waals surface area (Å²) in [5.74, 6) is 0.707. The highest BCUT2D eigenvalue weighted by atomic mass is 35.5. The molecule has 1 aliphatic heterocycles. The number of halogens is 1. The van der Waals surface area contributed by atoms with Crippen LogP contribution in [0.15, 0.2) is 0 Å². The first-order valence-corrected chi connectivity index (χ1v) is 6.15. The van der Waals surface area contributed by atoms with Crippen LogP contribution in [0.4, 0.5) is 11.5 Å². The average molecular weight is 270 g/mol. The number of carbonyl (C=O) groups is 1. The molecule has 0 saturated carbocycles. The van der Waals surface area contributed by atoms with Crippen LogP contribution < -0.4 is 11.1 Å². The van der Waals surface area contributed by atoms with Crippen LogP contribution in [0, 0.1) is 6.92 Å². The Balaban J connectivity index is 2.12. The molecular formula is C11H16ClN5O. The Morgan fingerprint density at radius 2 is 2.22 bits per heavy atom. The van der Waals surface area contributed by atoms with Gasteiger partial charge >= 0.3 is 0 Å². The molecule has 3 N–H and O–H groups in total. The molecule has 1 fully saturated rings. The molecule has 0 aromatic carbocycles. The number of anilines is 2. The third-order valence-corrected chi connectivity index (χ3v) is 3.25. The zero-order valence-electron chi connectivity index (χ0n) is 10.4. The summed E-state index contributed by atoms with van der Waals surface area (Å²) in [5.41, 5.74) is 7.05. The molecule has 1 aromatic rings. The highest BCUT2D eigenvalue weighted by molar-refractivity contribution is 6.28. The van der Waals surface area contributed by atoms with Crippen molar-refractivity contribution >= 4 is 29.0 Å². The molecule has 1 aromatic heterocycles. The molecule has 2 rings (SSSR count). The lowest BCUT2D eigenvalue weighted by Crippen LogP contribution is -2.43. The molecule has 0 bridgehead atoms. The Labute approximate surface area is 111 Å². The molecule has 1 aliphatic rings. The number of carbonyl (C=O) groups excluding carboxylic acids is 1. The maximum atomic E-state index is 11.4. The summed E-state index contributed by atoms with van der Waals surface area (Å²) < 4.78 is 0. The van der Waals surface area contributed by atoms with Crippen LogP contribution in [0.5, 0.6) is 0 Å². The Morgan fingerprint density at radius 3 is 2.89 bits per heavy atom. The number of aromatic nitrogens is 2. The lowest BCUT2D eigenvalue weighted by Gasteiger charge is -2.30. The van der Waals surface area contributed by atoms with E-state index in [4.69, 9.17) is 17.3 Å². The molecular weight excluding hydrogens is 254 g/mol. The molecule has 1 atom stereocenters. The molecule has 1 saturated heterocycles. The van der Waals surface area contributed by atoms with E-state index < -0.39 is 0 Å². The van der Waals surface area contributed by atoms with Gasteiger partial charge in [0, 0.05) is 26.1 Å². The van der Waals surface area contributed by atoms with Crippen molar-refractivity contribution < 1.29 is 4.79 Å². The van der Waals surface area contributed by atoms with Crippen molar-refractivity contribution in [2.45, 2.75) is 25.8 Å². The minimum absolute atomic E-state index is 0.139. The number of nitrogens with zero attached hydrogens (tertiary/aromatic N) is 3.